The fourth-order valence-electron chi connectivity index (χ4n) is 4.44. The highest BCUT2D eigenvalue weighted by Gasteiger charge is 2.33. The van der Waals surface area contributed by atoms with Crippen molar-refractivity contribution in [3.8, 4) is 11.1 Å². The molecule has 2 atom stereocenters. The molecule has 0 radical (unpaired) electrons. The van der Waals surface area contributed by atoms with Crippen LogP contribution >= 0.6 is 0 Å². The van der Waals surface area contributed by atoms with Crippen LogP contribution in [0.15, 0.2) is 41.2 Å². The quantitative estimate of drug-likeness (QED) is 0.809. The van der Waals surface area contributed by atoms with Gasteiger partial charge in [0.05, 0.1) is 27.2 Å². The van der Waals surface area contributed by atoms with Crippen molar-refractivity contribution in [2.45, 2.75) is 25.4 Å². The molecule has 1 saturated heterocycles. The van der Waals surface area contributed by atoms with E-state index in [1.54, 1.807) is 0 Å². The van der Waals surface area contributed by atoms with Gasteiger partial charge in [-0.25, -0.2) is 0 Å². The number of fused-ring (bicyclic) bond motifs is 4. The van der Waals surface area contributed by atoms with Crippen LogP contribution < -0.4 is 15.8 Å². The molecule has 0 aliphatic carbocycles. The molecule has 1 aromatic heterocycles. The number of nitrogens with zero attached hydrogens (tertiary/aromatic N) is 1. The Balaban J connectivity index is 1.82. The fourth-order valence-corrected chi connectivity index (χ4v) is 4.44. The maximum Gasteiger partial charge on any atom is 0.258 e. The van der Waals surface area contributed by atoms with Gasteiger partial charge in [-0.3, -0.25) is 4.79 Å². The third-order valence-electron chi connectivity index (χ3n) is 5.49. The third-order valence-corrected chi connectivity index (χ3v) is 5.49. The highest BCUT2D eigenvalue weighted by atomic mass is 16.1. The first-order chi connectivity index (χ1) is 11.6. The molecule has 0 spiro atoms. The van der Waals surface area contributed by atoms with Crippen LogP contribution in [0.1, 0.15) is 23.6 Å². The van der Waals surface area contributed by atoms with Gasteiger partial charge in [0.2, 0.25) is 0 Å². The Morgan fingerprint density at radius 1 is 1.12 bits per heavy atom. The van der Waals surface area contributed by atoms with Crippen LogP contribution in [0, 0.1) is 5.92 Å². The maximum absolute atomic E-state index is 13.2. The summed E-state index contributed by atoms with van der Waals surface area (Å²) < 4.78 is 2.07. The lowest BCUT2D eigenvalue weighted by Crippen LogP contribution is -3.04. The number of benzene rings is 1. The molecule has 4 heteroatoms. The first kappa shape index (κ1) is 15.6. The number of nitrogens with two attached hydrogens (primary N) is 1. The summed E-state index contributed by atoms with van der Waals surface area (Å²) in [7, 11) is 4.29. The summed E-state index contributed by atoms with van der Waals surface area (Å²) in [6, 6.07) is 12.6. The molecule has 0 unspecified atom stereocenters. The van der Waals surface area contributed by atoms with E-state index in [9.17, 15) is 4.79 Å². The molecule has 0 amide bonds. The van der Waals surface area contributed by atoms with Gasteiger partial charge in [0.15, 0.2) is 0 Å². The molecule has 24 heavy (non-hydrogen) atoms. The number of quaternary nitrogens is 2. The van der Waals surface area contributed by atoms with E-state index in [-0.39, 0.29) is 5.56 Å². The lowest BCUT2D eigenvalue weighted by Gasteiger charge is -2.35. The number of piperidine rings is 1. The Kier molecular flexibility index (Phi) is 4.02. The molecule has 4 nitrogen and oxygen atoms in total. The first-order valence-corrected chi connectivity index (χ1v) is 9.06. The molecular weight excluding hydrogens is 298 g/mol. The summed E-state index contributed by atoms with van der Waals surface area (Å²) in [6.07, 6.45) is 1.25. The summed E-state index contributed by atoms with van der Waals surface area (Å²) in [6.45, 7) is 4.09. The lowest BCUT2D eigenvalue weighted by atomic mass is 9.84. The number of pyridine rings is 1. The highest BCUT2D eigenvalue weighted by molar-refractivity contribution is 5.66. The number of rotatable bonds is 3. The number of hydrogen-bond donors (Lipinski definition) is 2. The Hall–Kier alpha value is -1.91. The van der Waals surface area contributed by atoms with E-state index in [0.717, 1.165) is 37.3 Å². The minimum atomic E-state index is 0.199. The van der Waals surface area contributed by atoms with Crippen LogP contribution in [0.4, 0.5) is 0 Å². The van der Waals surface area contributed by atoms with Gasteiger partial charge in [-0.05, 0) is 24.1 Å². The van der Waals surface area contributed by atoms with E-state index < -0.39 is 0 Å². The molecule has 4 rings (SSSR count). The Bertz CT molecular complexity index is 809. The standard InChI is InChI=1S/C20H25N3O/c1-22(2)13-15-5-3-4-6-17(15)18-7-8-19-16-9-14(10-21-11-16)12-23(19)20(18)24/h3-8,14,16,21H,9-13H2,1-2H3/p+2/t14-,16+/m0/s1. The van der Waals surface area contributed by atoms with Gasteiger partial charge >= 0.3 is 0 Å². The van der Waals surface area contributed by atoms with Crippen LogP contribution in [0.5, 0.6) is 0 Å². The molecule has 2 aliphatic heterocycles. The van der Waals surface area contributed by atoms with Gasteiger partial charge in [0.1, 0.15) is 6.54 Å². The van der Waals surface area contributed by atoms with Gasteiger partial charge in [-0.15, -0.1) is 0 Å². The summed E-state index contributed by atoms with van der Waals surface area (Å²) >= 11 is 0. The zero-order valence-electron chi connectivity index (χ0n) is 14.6. The van der Waals surface area contributed by atoms with Crippen molar-refractivity contribution in [1.82, 2.24) is 4.57 Å². The number of aromatic nitrogens is 1. The van der Waals surface area contributed by atoms with Crippen molar-refractivity contribution >= 4 is 0 Å². The molecule has 0 saturated carbocycles. The van der Waals surface area contributed by atoms with Gasteiger partial charge < -0.3 is 14.8 Å². The minimum Gasteiger partial charge on any atom is -0.345 e. The SMILES string of the molecule is C[NH+](C)Cc1ccccc1-c1ccc2n(c1=O)C[C@@H]1C[NH2+]C[C@H]2C1. The third kappa shape index (κ3) is 2.70. The zero-order valence-corrected chi connectivity index (χ0v) is 14.6. The molecular formula is C20H27N3O+2. The second kappa shape index (κ2) is 6.19. The van der Waals surface area contributed by atoms with Crippen LogP contribution in [-0.2, 0) is 13.1 Å². The minimum absolute atomic E-state index is 0.199. The van der Waals surface area contributed by atoms with Crippen LogP contribution in [0.25, 0.3) is 11.1 Å². The largest absolute Gasteiger partial charge is 0.345 e. The van der Waals surface area contributed by atoms with E-state index in [0.29, 0.717) is 11.8 Å². The zero-order chi connectivity index (χ0) is 16.7. The predicted octanol–water partition coefficient (Wildman–Crippen LogP) is -0.160. The molecule has 126 valence electrons. The van der Waals surface area contributed by atoms with E-state index in [1.165, 1.54) is 22.6 Å². The van der Waals surface area contributed by atoms with Crippen molar-refractivity contribution in [2.24, 2.45) is 5.92 Å². The van der Waals surface area contributed by atoms with Gasteiger partial charge in [0, 0.05) is 35.2 Å². The molecule has 3 N–H and O–H groups in total. The summed E-state index contributed by atoms with van der Waals surface area (Å²) in [5, 5.41) is 2.41. The predicted molar refractivity (Wildman–Crippen MR) is 95.2 cm³/mol. The number of nitrogens with one attached hydrogen (secondary N) is 1. The van der Waals surface area contributed by atoms with E-state index >= 15 is 0 Å². The fraction of sp³-hybridized carbons (Fsp3) is 0.450. The average Bonchev–Trinajstić information content (AvgIpc) is 2.57. The van der Waals surface area contributed by atoms with Crippen molar-refractivity contribution in [3.05, 3.63) is 58.0 Å². The Morgan fingerprint density at radius 2 is 1.96 bits per heavy atom. The summed E-state index contributed by atoms with van der Waals surface area (Å²) in [5.41, 5.74) is 4.65. The normalized spacial score (nSPS) is 22.5. The van der Waals surface area contributed by atoms with E-state index in [4.69, 9.17) is 0 Å². The van der Waals surface area contributed by atoms with Crippen molar-refractivity contribution in [3.63, 3.8) is 0 Å². The number of hydrogen-bond acceptors (Lipinski definition) is 1. The molecule has 1 aromatic carbocycles. The van der Waals surface area contributed by atoms with Crippen molar-refractivity contribution < 1.29 is 10.2 Å². The maximum atomic E-state index is 13.2. The monoisotopic (exact) mass is 325 g/mol. The van der Waals surface area contributed by atoms with Crippen LogP contribution in [0.3, 0.4) is 0 Å². The molecule has 3 heterocycles. The Labute approximate surface area is 143 Å². The van der Waals surface area contributed by atoms with Gasteiger partial charge in [-0.2, -0.15) is 0 Å². The van der Waals surface area contributed by atoms with Crippen LogP contribution in [-0.4, -0.2) is 31.8 Å². The Morgan fingerprint density at radius 3 is 2.79 bits per heavy atom. The van der Waals surface area contributed by atoms with Gasteiger partial charge in [-0.1, -0.05) is 24.3 Å². The van der Waals surface area contributed by atoms with E-state index in [2.05, 4.69) is 54.3 Å². The van der Waals surface area contributed by atoms with Gasteiger partial charge in [0.25, 0.3) is 5.56 Å². The van der Waals surface area contributed by atoms with E-state index in [1.807, 2.05) is 6.07 Å². The molecule has 1 fully saturated rings. The summed E-state index contributed by atoms with van der Waals surface area (Å²) in [4.78, 5) is 14.6. The lowest BCUT2D eigenvalue weighted by molar-refractivity contribution is -0.872. The average molecular weight is 325 g/mol. The highest BCUT2D eigenvalue weighted by Crippen LogP contribution is 2.31. The second-order valence-corrected chi connectivity index (χ2v) is 7.69. The second-order valence-electron chi connectivity index (χ2n) is 7.69. The molecule has 2 aliphatic rings. The smallest absolute Gasteiger partial charge is 0.258 e. The molecule has 2 bridgehead atoms. The topological polar surface area (TPSA) is 43.0 Å². The van der Waals surface area contributed by atoms with Crippen LogP contribution in [0.2, 0.25) is 0 Å². The van der Waals surface area contributed by atoms with Crippen molar-refractivity contribution in [2.75, 3.05) is 27.2 Å². The first-order valence-electron chi connectivity index (χ1n) is 9.06. The summed E-state index contributed by atoms with van der Waals surface area (Å²) in [5.74, 6) is 1.19. The van der Waals surface area contributed by atoms with Crippen molar-refractivity contribution in [1.29, 1.82) is 0 Å². The molecule has 2 aromatic rings.